The first-order chi connectivity index (χ1) is 9.58. The lowest BCUT2D eigenvalue weighted by Crippen LogP contribution is -2.68. The number of amides is 1. The van der Waals surface area contributed by atoms with Crippen molar-refractivity contribution in [3.63, 3.8) is 0 Å². The molecule has 0 aliphatic carbocycles. The highest BCUT2D eigenvalue weighted by Crippen LogP contribution is 2.41. The van der Waals surface area contributed by atoms with Gasteiger partial charge in [0.1, 0.15) is 16.9 Å². The van der Waals surface area contributed by atoms with Crippen LogP contribution in [0.25, 0.3) is 0 Å². The number of hydrogen-bond donors (Lipinski definition) is 2. The van der Waals surface area contributed by atoms with E-state index in [9.17, 15) is 14.7 Å². The van der Waals surface area contributed by atoms with Gasteiger partial charge in [0, 0.05) is 12.3 Å². The standard InChI is InChI=1S/C10H10N4O3S3/c11-5-7(15)14-1-4(2-18-10-13-12-3-19-10)6(9(16)17)20-8(5)14/h3,5,8H,1-2,11H2,(H,16,17). The highest BCUT2D eigenvalue weighted by molar-refractivity contribution is 8.05. The first-order valence-electron chi connectivity index (χ1n) is 5.65. The van der Waals surface area contributed by atoms with E-state index in [1.165, 1.54) is 23.1 Å². The molecule has 20 heavy (non-hydrogen) atoms. The molecule has 0 bridgehead atoms. The van der Waals surface area contributed by atoms with Crippen molar-refractivity contribution in [3.05, 3.63) is 16.0 Å². The molecule has 1 fully saturated rings. The zero-order valence-electron chi connectivity index (χ0n) is 10.1. The number of aromatic nitrogens is 2. The van der Waals surface area contributed by atoms with Crippen LogP contribution in [0.1, 0.15) is 0 Å². The van der Waals surface area contributed by atoms with E-state index in [0.29, 0.717) is 17.2 Å². The average molecular weight is 330 g/mol. The molecule has 0 aromatic carbocycles. The topological polar surface area (TPSA) is 109 Å². The molecule has 106 valence electrons. The smallest absolute Gasteiger partial charge is 0.342 e. The summed E-state index contributed by atoms with van der Waals surface area (Å²) in [6.07, 6.45) is 0. The van der Waals surface area contributed by atoms with Crippen molar-refractivity contribution in [1.29, 1.82) is 0 Å². The molecule has 2 atom stereocenters. The molecule has 3 rings (SSSR count). The van der Waals surface area contributed by atoms with E-state index in [2.05, 4.69) is 10.2 Å². The minimum Gasteiger partial charge on any atom is -0.477 e. The Morgan fingerprint density at radius 3 is 3.10 bits per heavy atom. The Kier molecular flexibility index (Phi) is 3.71. The molecule has 0 saturated carbocycles. The number of carboxylic acid groups (broad SMARTS) is 1. The third kappa shape index (κ3) is 2.32. The lowest BCUT2D eigenvalue weighted by Gasteiger charge is -2.48. The fourth-order valence-electron chi connectivity index (χ4n) is 2.02. The quantitative estimate of drug-likeness (QED) is 0.596. The maximum Gasteiger partial charge on any atom is 0.342 e. The second kappa shape index (κ2) is 5.35. The minimum atomic E-state index is -0.964. The van der Waals surface area contributed by atoms with Gasteiger partial charge in [-0.3, -0.25) is 4.79 Å². The predicted octanol–water partition coefficient (Wildman–Crippen LogP) is 0.211. The van der Waals surface area contributed by atoms with Crippen molar-refractivity contribution < 1.29 is 14.7 Å². The zero-order chi connectivity index (χ0) is 14.3. The van der Waals surface area contributed by atoms with E-state index >= 15 is 0 Å². The van der Waals surface area contributed by atoms with Crippen molar-refractivity contribution in [1.82, 2.24) is 15.1 Å². The Hall–Kier alpha value is -1.10. The molecule has 2 aliphatic rings. The predicted molar refractivity (Wildman–Crippen MR) is 76.4 cm³/mol. The van der Waals surface area contributed by atoms with E-state index in [4.69, 9.17) is 5.73 Å². The molecular weight excluding hydrogens is 320 g/mol. The Labute approximate surface area is 126 Å². The number of rotatable bonds is 4. The molecule has 1 saturated heterocycles. The van der Waals surface area contributed by atoms with Crippen LogP contribution in [0.4, 0.5) is 0 Å². The number of hydrogen-bond acceptors (Lipinski definition) is 8. The van der Waals surface area contributed by atoms with Crippen LogP contribution in [-0.4, -0.2) is 55.8 Å². The van der Waals surface area contributed by atoms with E-state index in [-0.39, 0.29) is 11.3 Å². The molecule has 0 radical (unpaired) electrons. The summed E-state index contributed by atoms with van der Waals surface area (Å²) in [6, 6.07) is -0.591. The van der Waals surface area contributed by atoms with Crippen molar-refractivity contribution in [2.75, 3.05) is 12.3 Å². The Morgan fingerprint density at radius 2 is 2.45 bits per heavy atom. The van der Waals surface area contributed by atoms with Crippen molar-refractivity contribution in [3.8, 4) is 0 Å². The second-order valence-corrected chi connectivity index (χ2v) is 7.41. The largest absolute Gasteiger partial charge is 0.477 e. The van der Waals surface area contributed by atoms with Gasteiger partial charge < -0.3 is 15.7 Å². The van der Waals surface area contributed by atoms with Crippen LogP contribution in [0, 0.1) is 0 Å². The minimum absolute atomic E-state index is 0.120. The number of nitrogens with two attached hydrogens (primary N) is 1. The molecular formula is C10H10N4O3S3. The Balaban J connectivity index is 1.77. The summed E-state index contributed by atoms with van der Waals surface area (Å²) in [6.45, 7) is 0.331. The Morgan fingerprint density at radius 1 is 1.65 bits per heavy atom. The SMILES string of the molecule is NC1C(=O)N2CC(CSc3nncs3)=C(C(=O)O)SC12. The van der Waals surface area contributed by atoms with Crippen LogP contribution in [0.3, 0.4) is 0 Å². The number of thioether (sulfide) groups is 2. The third-order valence-corrected chi connectivity index (χ3v) is 6.44. The van der Waals surface area contributed by atoms with Crippen molar-refractivity contribution in [2.45, 2.75) is 15.8 Å². The normalized spacial score (nSPS) is 25.4. The third-order valence-electron chi connectivity index (χ3n) is 3.01. The lowest BCUT2D eigenvalue weighted by atomic mass is 10.1. The summed E-state index contributed by atoms with van der Waals surface area (Å²) in [4.78, 5) is 24.9. The van der Waals surface area contributed by atoms with Gasteiger partial charge in [0.25, 0.3) is 0 Å². The highest BCUT2D eigenvalue weighted by atomic mass is 32.2. The van der Waals surface area contributed by atoms with Gasteiger partial charge in [0.05, 0.1) is 4.91 Å². The molecule has 0 spiro atoms. The van der Waals surface area contributed by atoms with Gasteiger partial charge in [-0.2, -0.15) is 0 Å². The lowest BCUT2D eigenvalue weighted by molar-refractivity contribution is -0.144. The number of carbonyl (C=O) groups is 2. The van der Waals surface area contributed by atoms with Crippen LogP contribution in [-0.2, 0) is 9.59 Å². The van der Waals surface area contributed by atoms with Gasteiger partial charge in [-0.05, 0) is 5.57 Å². The fourth-order valence-corrected chi connectivity index (χ4v) is 4.83. The molecule has 1 amide bonds. The van der Waals surface area contributed by atoms with Crippen LogP contribution in [0.15, 0.2) is 20.3 Å². The maximum absolute atomic E-state index is 11.6. The van der Waals surface area contributed by atoms with Crippen molar-refractivity contribution >= 4 is 46.7 Å². The van der Waals surface area contributed by atoms with Crippen LogP contribution >= 0.6 is 34.9 Å². The van der Waals surface area contributed by atoms with Crippen molar-refractivity contribution in [2.24, 2.45) is 5.73 Å². The van der Waals surface area contributed by atoms with E-state index < -0.39 is 12.0 Å². The van der Waals surface area contributed by atoms with Crippen LogP contribution < -0.4 is 5.73 Å². The first-order valence-corrected chi connectivity index (χ1v) is 8.39. The van der Waals surface area contributed by atoms with Gasteiger partial charge in [-0.15, -0.1) is 10.2 Å². The second-order valence-electron chi connectivity index (χ2n) is 4.23. The maximum atomic E-state index is 11.6. The molecule has 1 aromatic rings. The highest BCUT2D eigenvalue weighted by Gasteiger charge is 2.49. The van der Waals surface area contributed by atoms with Gasteiger partial charge in [0.2, 0.25) is 5.91 Å². The molecule has 10 heteroatoms. The molecule has 2 unspecified atom stereocenters. The number of carboxylic acids is 1. The number of nitrogens with zero attached hydrogens (tertiary/aromatic N) is 3. The average Bonchev–Trinajstić information content (AvgIpc) is 2.96. The zero-order valence-corrected chi connectivity index (χ0v) is 12.5. The summed E-state index contributed by atoms with van der Waals surface area (Å²) in [5, 5.41) is 16.7. The van der Waals surface area contributed by atoms with Gasteiger partial charge >= 0.3 is 5.97 Å². The fraction of sp³-hybridized carbons (Fsp3) is 0.400. The molecule has 2 aliphatic heterocycles. The summed E-state index contributed by atoms with van der Waals surface area (Å²) in [7, 11) is 0. The summed E-state index contributed by atoms with van der Waals surface area (Å²) >= 11 is 3.99. The molecule has 7 nitrogen and oxygen atoms in total. The Bertz CT molecular complexity index is 589. The summed E-state index contributed by atoms with van der Waals surface area (Å²) < 4.78 is 0.779. The van der Waals surface area contributed by atoms with E-state index in [1.807, 2.05) is 0 Å². The number of aliphatic carboxylic acids is 1. The summed E-state index contributed by atoms with van der Waals surface area (Å²) in [5.41, 5.74) is 8.03. The van der Waals surface area contributed by atoms with Gasteiger partial charge in [0.15, 0.2) is 4.34 Å². The molecule has 3 heterocycles. The van der Waals surface area contributed by atoms with Gasteiger partial charge in [-0.1, -0.05) is 34.9 Å². The monoisotopic (exact) mass is 330 g/mol. The number of fused-ring (bicyclic) bond motifs is 1. The molecule has 3 N–H and O–H groups in total. The van der Waals surface area contributed by atoms with Crippen LogP contribution in [0.5, 0.6) is 0 Å². The number of β-lactam (4-membered cyclic amide) rings is 1. The summed E-state index contributed by atoms with van der Waals surface area (Å²) in [5.74, 6) is -0.602. The van der Waals surface area contributed by atoms with Gasteiger partial charge in [-0.25, -0.2) is 4.79 Å². The molecule has 1 aromatic heterocycles. The van der Waals surface area contributed by atoms with Crippen LogP contribution in [0.2, 0.25) is 0 Å². The van der Waals surface area contributed by atoms with E-state index in [1.54, 1.807) is 10.4 Å². The van der Waals surface area contributed by atoms with E-state index in [0.717, 1.165) is 21.7 Å². The first kappa shape index (κ1) is 13.9. The number of carbonyl (C=O) groups excluding carboxylic acids is 1.